The molecule has 1 aliphatic rings. The molecular weight excluding hydrogens is 224 g/mol. The van der Waals surface area contributed by atoms with E-state index in [4.69, 9.17) is 11.6 Å². The predicted molar refractivity (Wildman–Crippen MR) is 55.3 cm³/mol. The molecule has 15 heavy (non-hydrogen) atoms. The van der Waals surface area contributed by atoms with Crippen LogP contribution in [0, 0.1) is 5.92 Å². The highest BCUT2D eigenvalue weighted by atomic mass is 35.5. The van der Waals surface area contributed by atoms with Gasteiger partial charge in [0.25, 0.3) is 6.43 Å². The van der Waals surface area contributed by atoms with Crippen LogP contribution in [0.15, 0.2) is 0 Å². The highest BCUT2D eigenvalue weighted by Gasteiger charge is 2.24. The fourth-order valence-electron chi connectivity index (χ4n) is 1.66. The van der Waals surface area contributed by atoms with Crippen LogP contribution in [0.4, 0.5) is 8.78 Å². The SMILES string of the molecule is O=C(CC1CCC1)N(CCCl)CC(F)F. The quantitative estimate of drug-likeness (QED) is 0.653. The summed E-state index contributed by atoms with van der Waals surface area (Å²) in [5.74, 6) is 0.442. The summed E-state index contributed by atoms with van der Waals surface area (Å²) in [6.07, 6.45) is 1.19. The first kappa shape index (κ1) is 12.7. The maximum Gasteiger partial charge on any atom is 0.255 e. The lowest BCUT2D eigenvalue weighted by Gasteiger charge is -2.28. The van der Waals surface area contributed by atoms with E-state index in [1.54, 1.807) is 0 Å². The largest absolute Gasteiger partial charge is 0.336 e. The van der Waals surface area contributed by atoms with Crippen molar-refractivity contribution >= 4 is 17.5 Å². The summed E-state index contributed by atoms with van der Waals surface area (Å²) < 4.78 is 24.3. The zero-order valence-corrected chi connectivity index (χ0v) is 9.35. The van der Waals surface area contributed by atoms with Crippen molar-refractivity contribution in [2.75, 3.05) is 19.0 Å². The van der Waals surface area contributed by atoms with Gasteiger partial charge < -0.3 is 4.90 Å². The minimum Gasteiger partial charge on any atom is -0.336 e. The van der Waals surface area contributed by atoms with Gasteiger partial charge >= 0.3 is 0 Å². The summed E-state index contributed by atoms with van der Waals surface area (Å²) in [6, 6.07) is 0. The first-order valence-corrected chi connectivity index (χ1v) is 5.78. The van der Waals surface area contributed by atoms with E-state index < -0.39 is 13.0 Å². The highest BCUT2D eigenvalue weighted by molar-refractivity contribution is 6.18. The third-order valence-electron chi connectivity index (χ3n) is 2.75. The molecule has 1 rings (SSSR count). The molecule has 0 atom stereocenters. The first-order chi connectivity index (χ1) is 7.13. The molecule has 1 aliphatic carbocycles. The fraction of sp³-hybridized carbons (Fsp3) is 0.900. The molecule has 5 heteroatoms. The van der Waals surface area contributed by atoms with E-state index >= 15 is 0 Å². The molecule has 1 fully saturated rings. The topological polar surface area (TPSA) is 20.3 Å². The fourth-order valence-corrected chi connectivity index (χ4v) is 1.86. The molecule has 0 spiro atoms. The standard InChI is InChI=1S/C10H16ClF2NO/c11-4-5-14(7-9(12)13)10(15)6-8-2-1-3-8/h8-9H,1-7H2. The summed E-state index contributed by atoms with van der Waals surface area (Å²) in [4.78, 5) is 12.8. The van der Waals surface area contributed by atoms with Crippen LogP contribution in [0.2, 0.25) is 0 Å². The lowest BCUT2D eigenvalue weighted by Crippen LogP contribution is -2.38. The van der Waals surface area contributed by atoms with Gasteiger partial charge in [-0.2, -0.15) is 0 Å². The third kappa shape index (κ3) is 4.33. The average molecular weight is 240 g/mol. The maximum absolute atomic E-state index is 12.2. The molecule has 0 aromatic heterocycles. The summed E-state index contributed by atoms with van der Waals surface area (Å²) in [6.45, 7) is -0.268. The van der Waals surface area contributed by atoms with Gasteiger partial charge in [0.2, 0.25) is 5.91 Å². The number of hydrogen-bond acceptors (Lipinski definition) is 1. The Morgan fingerprint density at radius 1 is 1.47 bits per heavy atom. The maximum atomic E-state index is 12.2. The van der Waals surface area contributed by atoms with Crippen molar-refractivity contribution in [2.24, 2.45) is 5.92 Å². The number of halogens is 3. The van der Waals surface area contributed by atoms with Crippen molar-refractivity contribution in [1.29, 1.82) is 0 Å². The average Bonchev–Trinajstić information content (AvgIpc) is 2.09. The molecule has 0 unspecified atom stereocenters. The highest BCUT2D eigenvalue weighted by Crippen LogP contribution is 2.29. The zero-order valence-electron chi connectivity index (χ0n) is 8.59. The van der Waals surface area contributed by atoms with Gasteiger partial charge in [-0.1, -0.05) is 6.42 Å². The molecule has 0 aliphatic heterocycles. The van der Waals surface area contributed by atoms with Crippen LogP contribution in [0.3, 0.4) is 0 Å². The van der Waals surface area contributed by atoms with Crippen LogP contribution in [-0.2, 0) is 4.79 Å². The van der Waals surface area contributed by atoms with E-state index in [1.165, 1.54) is 4.90 Å². The van der Waals surface area contributed by atoms with Gasteiger partial charge in [-0.3, -0.25) is 4.79 Å². The van der Waals surface area contributed by atoms with Gasteiger partial charge in [-0.25, -0.2) is 8.78 Å². The molecular formula is C10H16ClF2NO. The number of nitrogens with zero attached hydrogens (tertiary/aromatic N) is 1. The van der Waals surface area contributed by atoms with E-state index in [0.29, 0.717) is 12.3 Å². The zero-order chi connectivity index (χ0) is 11.3. The van der Waals surface area contributed by atoms with Crippen LogP contribution in [0.5, 0.6) is 0 Å². The minimum atomic E-state index is -2.47. The molecule has 0 saturated heterocycles. The molecule has 1 saturated carbocycles. The Morgan fingerprint density at radius 3 is 2.53 bits per heavy atom. The predicted octanol–water partition coefficient (Wildman–Crippen LogP) is 2.51. The Morgan fingerprint density at radius 2 is 2.13 bits per heavy atom. The number of rotatable bonds is 6. The van der Waals surface area contributed by atoms with Crippen molar-refractivity contribution in [3.8, 4) is 0 Å². The van der Waals surface area contributed by atoms with E-state index in [2.05, 4.69) is 0 Å². The summed E-state index contributed by atoms with van der Waals surface area (Å²) in [7, 11) is 0. The van der Waals surface area contributed by atoms with Crippen LogP contribution < -0.4 is 0 Å². The minimum absolute atomic E-state index is 0.180. The second-order valence-corrected chi connectivity index (χ2v) is 4.30. The van der Waals surface area contributed by atoms with Gasteiger partial charge in [-0.15, -0.1) is 11.6 Å². The van der Waals surface area contributed by atoms with Gasteiger partial charge in [0, 0.05) is 18.8 Å². The molecule has 2 nitrogen and oxygen atoms in total. The van der Waals surface area contributed by atoms with Crippen LogP contribution in [0.1, 0.15) is 25.7 Å². The van der Waals surface area contributed by atoms with Crippen LogP contribution in [-0.4, -0.2) is 36.2 Å². The van der Waals surface area contributed by atoms with Gasteiger partial charge in [-0.05, 0) is 18.8 Å². The molecule has 1 amide bonds. The lowest BCUT2D eigenvalue weighted by atomic mass is 9.82. The Bertz CT molecular complexity index is 210. The number of carbonyl (C=O) groups is 1. The second-order valence-electron chi connectivity index (χ2n) is 3.92. The van der Waals surface area contributed by atoms with Gasteiger partial charge in [0.15, 0.2) is 0 Å². The summed E-state index contributed by atoms with van der Waals surface area (Å²) in [5, 5.41) is 0. The number of carbonyl (C=O) groups excluding carboxylic acids is 1. The van der Waals surface area contributed by atoms with Crippen molar-refractivity contribution in [2.45, 2.75) is 32.1 Å². The molecule has 0 heterocycles. The molecule has 0 aromatic carbocycles. The normalized spacial score (nSPS) is 16.5. The first-order valence-electron chi connectivity index (χ1n) is 5.25. The Labute approximate surface area is 93.6 Å². The molecule has 0 radical (unpaired) electrons. The number of amides is 1. The van der Waals surface area contributed by atoms with E-state index in [0.717, 1.165) is 19.3 Å². The number of hydrogen-bond donors (Lipinski definition) is 0. The van der Waals surface area contributed by atoms with E-state index in [-0.39, 0.29) is 18.3 Å². The Balaban J connectivity index is 2.34. The molecule has 88 valence electrons. The third-order valence-corrected chi connectivity index (χ3v) is 2.92. The van der Waals surface area contributed by atoms with Crippen molar-refractivity contribution in [3.63, 3.8) is 0 Å². The molecule has 0 N–H and O–H groups in total. The monoisotopic (exact) mass is 239 g/mol. The van der Waals surface area contributed by atoms with E-state index in [9.17, 15) is 13.6 Å². The van der Waals surface area contributed by atoms with Crippen molar-refractivity contribution in [3.05, 3.63) is 0 Å². The smallest absolute Gasteiger partial charge is 0.255 e. The van der Waals surface area contributed by atoms with E-state index in [1.807, 2.05) is 0 Å². The lowest BCUT2D eigenvalue weighted by molar-refractivity contribution is -0.134. The Kier molecular flexibility index (Phi) is 5.29. The molecule has 0 aromatic rings. The van der Waals surface area contributed by atoms with Crippen molar-refractivity contribution in [1.82, 2.24) is 4.90 Å². The molecule has 0 bridgehead atoms. The Hall–Kier alpha value is -0.380. The van der Waals surface area contributed by atoms with Crippen LogP contribution in [0.25, 0.3) is 0 Å². The van der Waals surface area contributed by atoms with Crippen LogP contribution >= 0.6 is 11.6 Å². The van der Waals surface area contributed by atoms with Gasteiger partial charge in [0.05, 0.1) is 6.54 Å². The number of alkyl halides is 3. The van der Waals surface area contributed by atoms with Gasteiger partial charge in [0.1, 0.15) is 0 Å². The summed E-state index contributed by atoms with van der Waals surface area (Å²) in [5.41, 5.74) is 0. The second kappa shape index (κ2) is 6.26. The summed E-state index contributed by atoms with van der Waals surface area (Å²) >= 11 is 5.47. The van der Waals surface area contributed by atoms with Crippen molar-refractivity contribution < 1.29 is 13.6 Å².